The lowest BCUT2D eigenvalue weighted by Crippen LogP contribution is -2.45. The number of benzene rings is 1. The number of hydrogen-bond donors (Lipinski definition) is 3. The second-order valence-corrected chi connectivity index (χ2v) is 6.28. The lowest BCUT2D eigenvalue weighted by molar-refractivity contribution is 0.357. The van der Waals surface area contributed by atoms with E-state index < -0.39 is 0 Å². The van der Waals surface area contributed by atoms with Crippen molar-refractivity contribution in [2.45, 2.75) is 51.2 Å². The van der Waals surface area contributed by atoms with Crippen LogP contribution in [-0.2, 0) is 0 Å². The van der Waals surface area contributed by atoms with Gasteiger partial charge in [0.25, 0.3) is 0 Å². The van der Waals surface area contributed by atoms with Crippen LogP contribution in [0.25, 0.3) is 0 Å². The van der Waals surface area contributed by atoms with Gasteiger partial charge in [-0.3, -0.25) is 4.99 Å². The number of rotatable bonds is 6. The molecule has 0 aromatic heterocycles. The van der Waals surface area contributed by atoms with Gasteiger partial charge >= 0.3 is 0 Å². The molecule has 0 aliphatic heterocycles. The van der Waals surface area contributed by atoms with Crippen molar-refractivity contribution in [3.63, 3.8) is 0 Å². The fourth-order valence-corrected chi connectivity index (χ4v) is 2.22. The van der Waals surface area contributed by atoms with Crippen molar-refractivity contribution in [1.29, 1.82) is 0 Å². The van der Waals surface area contributed by atoms with Gasteiger partial charge in [-0.1, -0.05) is 30.3 Å². The van der Waals surface area contributed by atoms with Crippen LogP contribution < -0.4 is 16.4 Å². The van der Waals surface area contributed by atoms with Crippen LogP contribution in [0, 0.1) is 0 Å². The highest BCUT2D eigenvalue weighted by atomic mass is 127. The van der Waals surface area contributed by atoms with Gasteiger partial charge in [0.15, 0.2) is 5.96 Å². The molecule has 0 radical (unpaired) electrons. The van der Waals surface area contributed by atoms with Crippen molar-refractivity contribution in [3.8, 4) is 0 Å². The number of halogens is 1. The minimum absolute atomic E-state index is 0. The third kappa shape index (κ3) is 6.65. The summed E-state index contributed by atoms with van der Waals surface area (Å²) in [7, 11) is 0. The second kappa shape index (κ2) is 7.98. The zero-order chi connectivity index (χ0) is 14.6. The zero-order valence-corrected chi connectivity index (χ0v) is 15.4. The van der Waals surface area contributed by atoms with Crippen LogP contribution in [0.15, 0.2) is 35.3 Å². The summed E-state index contributed by atoms with van der Waals surface area (Å²) in [6.45, 7) is 7.14. The van der Waals surface area contributed by atoms with Gasteiger partial charge in [-0.05, 0) is 39.2 Å². The Labute approximate surface area is 145 Å². The Morgan fingerprint density at radius 2 is 1.95 bits per heavy atom. The molecular formula is C16H27IN4. The van der Waals surface area contributed by atoms with E-state index in [1.807, 2.05) is 6.07 Å². The molecule has 0 amide bonds. The maximum Gasteiger partial charge on any atom is 0.188 e. The van der Waals surface area contributed by atoms with Crippen LogP contribution >= 0.6 is 24.0 Å². The Bertz CT molecular complexity index is 455. The van der Waals surface area contributed by atoms with Gasteiger partial charge in [-0.15, -0.1) is 24.0 Å². The summed E-state index contributed by atoms with van der Waals surface area (Å²) in [5.41, 5.74) is 7.07. The molecule has 5 heteroatoms. The summed E-state index contributed by atoms with van der Waals surface area (Å²) in [6.07, 6.45) is 2.42. The number of nitrogens with two attached hydrogens (primary N) is 1. The van der Waals surface area contributed by atoms with Crippen molar-refractivity contribution in [1.82, 2.24) is 10.6 Å². The number of aliphatic imine (C=N–C) groups is 1. The topological polar surface area (TPSA) is 62.4 Å². The fourth-order valence-electron chi connectivity index (χ4n) is 2.22. The Balaban J connectivity index is 0.00000220. The van der Waals surface area contributed by atoms with Gasteiger partial charge in [-0.25, -0.2) is 0 Å². The Kier molecular flexibility index (Phi) is 6.93. The molecule has 1 aromatic rings. The molecule has 0 saturated heterocycles. The lowest BCUT2D eigenvalue weighted by atomic mass is 10.0. The predicted octanol–water partition coefficient (Wildman–Crippen LogP) is 2.80. The molecule has 0 bridgehead atoms. The van der Waals surface area contributed by atoms with Crippen LogP contribution in [0.5, 0.6) is 0 Å². The average molecular weight is 402 g/mol. The van der Waals surface area contributed by atoms with Crippen molar-refractivity contribution >= 4 is 29.9 Å². The summed E-state index contributed by atoms with van der Waals surface area (Å²) >= 11 is 0. The first-order valence-corrected chi connectivity index (χ1v) is 7.35. The van der Waals surface area contributed by atoms with E-state index in [1.165, 1.54) is 18.4 Å². The van der Waals surface area contributed by atoms with Crippen molar-refractivity contribution < 1.29 is 0 Å². The van der Waals surface area contributed by atoms with E-state index >= 15 is 0 Å². The molecule has 4 nitrogen and oxygen atoms in total. The summed E-state index contributed by atoms with van der Waals surface area (Å²) in [6, 6.07) is 11.3. The van der Waals surface area contributed by atoms with E-state index in [0.717, 1.165) is 0 Å². The molecule has 0 heterocycles. The van der Waals surface area contributed by atoms with Gasteiger partial charge in [-0.2, -0.15) is 0 Å². The van der Waals surface area contributed by atoms with E-state index in [4.69, 9.17) is 5.73 Å². The summed E-state index contributed by atoms with van der Waals surface area (Å²) < 4.78 is 0. The largest absolute Gasteiger partial charge is 0.370 e. The third-order valence-corrected chi connectivity index (χ3v) is 3.48. The van der Waals surface area contributed by atoms with E-state index in [0.29, 0.717) is 24.6 Å². The van der Waals surface area contributed by atoms with Gasteiger partial charge in [0, 0.05) is 17.6 Å². The quantitative estimate of drug-likeness (QED) is 0.390. The monoisotopic (exact) mass is 402 g/mol. The van der Waals surface area contributed by atoms with Gasteiger partial charge < -0.3 is 16.4 Å². The SMILES string of the molecule is CC(NC(C)(C)CN=C(N)NC1CC1)c1ccccc1.I. The number of guanidine groups is 1. The molecule has 1 aromatic carbocycles. The van der Waals surface area contributed by atoms with E-state index in [2.05, 4.69) is 60.7 Å². The fraction of sp³-hybridized carbons (Fsp3) is 0.562. The van der Waals surface area contributed by atoms with Crippen molar-refractivity contribution in [2.75, 3.05) is 6.54 Å². The normalized spacial score (nSPS) is 17.0. The van der Waals surface area contributed by atoms with Crippen molar-refractivity contribution in [2.24, 2.45) is 10.7 Å². The van der Waals surface area contributed by atoms with E-state index in [-0.39, 0.29) is 29.5 Å². The summed E-state index contributed by atoms with van der Waals surface area (Å²) in [4.78, 5) is 4.44. The van der Waals surface area contributed by atoms with E-state index in [1.54, 1.807) is 0 Å². The van der Waals surface area contributed by atoms with E-state index in [9.17, 15) is 0 Å². The highest BCUT2D eigenvalue weighted by Gasteiger charge is 2.23. The van der Waals surface area contributed by atoms with Crippen LogP contribution in [0.2, 0.25) is 0 Å². The number of hydrogen-bond acceptors (Lipinski definition) is 2. The number of nitrogens with one attached hydrogen (secondary N) is 2. The van der Waals surface area contributed by atoms with Gasteiger partial charge in [0.2, 0.25) is 0 Å². The average Bonchev–Trinajstić information content (AvgIpc) is 3.21. The molecular weight excluding hydrogens is 375 g/mol. The van der Waals surface area contributed by atoms with Crippen LogP contribution in [-0.4, -0.2) is 24.1 Å². The zero-order valence-electron chi connectivity index (χ0n) is 13.1. The molecule has 1 atom stereocenters. The molecule has 1 unspecified atom stereocenters. The molecule has 21 heavy (non-hydrogen) atoms. The Hall–Kier alpha value is -0.820. The lowest BCUT2D eigenvalue weighted by Gasteiger charge is -2.29. The molecule has 4 N–H and O–H groups in total. The first-order chi connectivity index (χ1) is 9.46. The van der Waals surface area contributed by atoms with Gasteiger partial charge in [0.05, 0.1) is 6.54 Å². The predicted molar refractivity (Wildman–Crippen MR) is 100 cm³/mol. The molecule has 1 aliphatic rings. The minimum atomic E-state index is -0.0922. The first kappa shape index (κ1) is 18.2. The molecule has 2 rings (SSSR count). The minimum Gasteiger partial charge on any atom is -0.370 e. The van der Waals surface area contributed by atoms with Crippen LogP contribution in [0.3, 0.4) is 0 Å². The molecule has 1 fully saturated rings. The summed E-state index contributed by atoms with van der Waals surface area (Å²) in [5.74, 6) is 0.565. The number of nitrogens with zero attached hydrogens (tertiary/aromatic N) is 1. The smallest absolute Gasteiger partial charge is 0.188 e. The highest BCUT2D eigenvalue weighted by molar-refractivity contribution is 14.0. The van der Waals surface area contributed by atoms with Crippen LogP contribution in [0.1, 0.15) is 45.2 Å². The molecule has 1 saturated carbocycles. The summed E-state index contributed by atoms with van der Waals surface area (Å²) in [5, 5.41) is 6.82. The maximum absolute atomic E-state index is 5.87. The standard InChI is InChI=1S/C16H26N4.HI/c1-12(13-7-5-4-6-8-13)20-16(2,3)11-18-15(17)19-14-9-10-14;/h4-8,12,14,20H,9-11H2,1-3H3,(H3,17,18,19);1H. The first-order valence-electron chi connectivity index (χ1n) is 7.35. The molecule has 0 spiro atoms. The molecule has 118 valence electrons. The second-order valence-electron chi connectivity index (χ2n) is 6.28. The van der Waals surface area contributed by atoms with Crippen molar-refractivity contribution in [3.05, 3.63) is 35.9 Å². The Morgan fingerprint density at radius 3 is 2.52 bits per heavy atom. The van der Waals surface area contributed by atoms with Gasteiger partial charge in [0.1, 0.15) is 0 Å². The highest BCUT2D eigenvalue weighted by Crippen LogP contribution is 2.18. The Morgan fingerprint density at radius 1 is 1.33 bits per heavy atom. The maximum atomic E-state index is 5.87. The van der Waals surface area contributed by atoms with Crippen LogP contribution in [0.4, 0.5) is 0 Å². The third-order valence-electron chi connectivity index (χ3n) is 3.48. The molecule has 1 aliphatic carbocycles.